The molecule has 1 aliphatic rings. The summed E-state index contributed by atoms with van der Waals surface area (Å²) in [5.41, 5.74) is 4.26. The van der Waals surface area contributed by atoms with Crippen LogP contribution in [0.4, 0.5) is 4.79 Å². The van der Waals surface area contributed by atoms with Gasteiger partial charge in [-0.3, -0.25) is 14.2 Å². The van der Waals surface area contributed by atoms with Gasteiger partial charge < -0.3 is 15.0 Å². The molecule has 2 aromatic carbocycles. The number of amides is 2. The summed E-state index contributed by atoms with van der Waals surface area (Å²) >= 11 is 0. The predicted octanol–water partition coefficient (Wildman–Crippen LogP) is 3.73. The maximum atomic E-state index is 14.0. The van der Waals surface area contributed by atoms with Crippen LogP contribution >= 0.6 is 0 Å². The van der Waals surface area contributed by atoms with Gasteiger partial charge in [0.1, 0.15) is 11.2 Å². The molecule has 0 fully saturated rings. The first-order chi connectivity index (χ1) is 18.2. The minimum Gasteiger partial charge on any atom is -0.444 e. The van der Waals surface area contributed by atoms with Crippen molar-refractivity contribution >= 4 is 17.6 Å². The van der Waals surface area contributed by atoms with Gasteiger partial charge in [0.05, 0.1) is 24.1 Å². The Kier molecular flexibility index (Phi) is 6.52. The van der Waals surface area contributed by atoms with Gasteiger partial charge in [-0.25, -0.2) is 9.31 Å². The molecule has 2 aromatic heterocycles. The zero-order chi connectivity index (χ0) is 27.0. The Morgan fingerprint density at radius 3 is 2.42 bits per heavy atom. The van der Waals surface area contributed by atoms with Gasteiger partial charge in [0.15, 0.2) is 0 Å². The molecule has 0 radical (unpaired) electrons. The molecule has 1 aliphatic heterocycles. The van der Waals surface area contributed by atoms with Crippen molar-refractivity contribution in [2.24, 2.45) is 0 Å². The Morgan fingerprint density at radius 2 is 1.76 bits per heavy atom. The lowest BCUT2D eigenvalue weighted by Crippen LogP contribution is -2.43. The third-order valence-corrected chi connectivity index (χ3v) is 6.57. The van der Waals surface area contributed by atoms with Gasteiger partial charge in [-0.05, 0) is 57.0 Å². The number of aromatic nitrogens is 3. The highest BCUT2D eigenvalue weighted by Crippen LogP contribution is 2.25. The third-order valence-electron chi connectivity index (χ3n) is 6.57. The summed E-state index contributed by atoms with van der Waals surface area (Å²) in [4.78, 5) is 40.6. The van der Waals surface area contributed by atoms with Crippen molar-refractivity contribution in [3.63, 3.8) is 0 Å². The molecule has 0 aliphatic carbocycles. The van der Waals surface area contributed by atoms with Gasteiger partial charge >= 0.3 is 6.09 Å². The number of carbonyl (C=O) groups excluding carboxylic acids is 2. The minimum atomic E-state index is -0.620. The number of hydrogen-bond donors (Lipinski definition) is 1. The normalized spacial score (nSPS) is 13.3. The molecule has 3 heterocycles. The van der Waals surface area contributed by atoms with Crippen molar-refractivity contribution in [3.05, 3.63) is 99.1 Å². The number of nitrogens with zero attached hydrogens (tertiary/aromatic N) is 4. The van der Waals surface area contributed by atoms with Crippen molar-refractivity contribution in [2.75, 3.05) is 13.6 Å². The fourth-order valence-electron chi connectivity index (χ4n) is 4.78. The summed E-state index contributed by atoms with van der Waals surface area (Å²) in [5.74, 6) is -0.198. The molecule has 0 saturated heterocycles. The first-order valence-corrected chi connectivity index (χ1v) is 12.6. The van der Waals surface area contributed by atoms with E-state index in [1.807, 2.05) is 51.1 Å². The number of fused-ring (bicyclic) bond motifs is 3. The largest absolute Gasteiger partial charge is 0.444 e. The maximum absolute atomic E-state index is 14.0. The average molecular weight is 514 g/mol. The van der Waals surface area contributed by atoms with E-state index in [0.29, 0.717) is 47.5 Å². The van der Waals surface area contributed by atoms with E-state index in [2.05, 4.69) is 5.32 Å². The monoisotopic (exact) mass is 513 g/mol. The van der Waals surface area contributed by atoms with Crippen LogP contribution in [0.15, 0.2) is 65.6 Å². The van der Waals surface area contributed by atoms with Crippen LogP contribution in [0.1, 0.15) is 53.5 Å². The van der Waals surface area contributed by atoms with E-state index in [1.165, 1.54) is 0 Å². The fraction of sp³-hybridized carbons (Fsp3) is 0.310. The Labute approximate surface area is 220 Å². The summed E-state index contributed by atoms with van der Waals surface area (Å²) in [5, 5.41) is 7.31. The van der Waals surface area contributed by atoms with Crippen LogP contribution in [0.25, 0.3) is 11.3 Å². The topological polar surface area (TPSA) is 97.9 Å². The van der Waals surface area contributed by atoms with Crippen LogP contribution in [0, 0.1) is 0 Å². The van der Waals surface area contributed by atoms with Crippen molar-refractivity contribution in [1.29, 1.82) is 0 Å². The maximum Gasteiger partial charge on any atom is 0.410 e. The molecule has 5 rings (SSSR count). The van der Waals surface area contributed by atoms with Crippen molar-refractivity contribution in [3.8, 4) is 5.69 Å². The molecule has 38 heavy (non-hydrogen) atoms. The summed E-state index contributed by atoms with van der Waals surface area (Å²) in [6.07, 6.45) is 2.33. The van der Waals surface area contributed by atoms with E-state index in [0.717, 1.165) is 11.1 Å². The molecule has 9 heteroatoms. The lowest BCUT2D eigenvalue weighted by molar-refractivity contribution is 0.0218. The molecule has 0 unspecified atom stereocenters. The molecule has 4 aromatic rings. The smallest absolute Gasteiger partial charge is 0.410 e. The summed E-state index contributed by atoms with van der Waals surface area (Å²) in [7, 11) is 1.58. The summed E-state index contributed by atoms with van der Waals surface area (Å²) in [6, 6.07) is 16.9. The molecular weight excluding hydrogens is 482 g/mol. The highest BCUT2D eigenvalue weighted by molar-refractivity contribution is 5.94. The van der Waals surface area contributed by atoms with Crippen molar-refractivity contribution < 1.29 is 14.3 Å². The first-order valence-electron chi connectivity index (χ1n) is 12.6. The quantitative estimate of drug-likeness (QED) is 0.449. The summed E-state index contributed by atoms with van der Waals surface area (Å²) < 4.78 is 9.04. The Bertz CT molecular complexity index is 1560. The second kappa shape index (κ2) is 9.81. The van der Waals surface area contributed by atoms with E-state index >= 15 is 0 Å². The van der Waals surface area contributed by atoms with Gasteiger partial charge in [-0.15, -0.1) is 0 Å². The molecule has 0 atom stereocenters. The van der Waals surface area contributed by atoms with E-state index in [4.69, 9.17) is 9.84 Å². The van der Waals surface area contributed by atoms with Gasteiger partial charge in [0.25, 0.3) is 11.5 Å². The van der Waals surface area contributed by atoms with Gasteiger partial charge in [0, 0.05) is 36.7 Å². The molecule has 0 spiro atoms. The molecule has 0 bridgehead atoms. The van der Waals surface area contributed by atoms with E-state index in [1.54, 1.807) is 51.5 Å². The predicted molar refractivity (Wildman–Crippen MR) is 144 cm³/mol. The second-order valence-corrected chi connectivity index (χ2v) is 10.4. The lowest BCUT2D eigenvalue weighted by atomic mass is 10.0. The molecular formula is C29H31N5O4. The Morgan fingerprint density at radius 1 is 1.05 bits per heavy atom. The SMILES string of the molecule is CNC(=O)c1ccc(-n2c(=O)c3c(n4ncc(Cc5ccccc5)c24)CN(C(=O)OC(C)(C)C)CC3)cc1. The Balaban J connectivity index is 1.66. The zero-order valence-electron chi connectivity index (χ0n) is 22.0. The van der Waals surface area contributed by atoms with Crippen LogP contribution in [0.5, 0.6) is 0 Å². The van der Waals surface area contributed by atoms with Gasteiger partial charge in [0.2, 0.25) is 0 Å². The number of hydrogen-bond acceptors (Lipinski definition) is 5. The van der Waals surface area contributed by atoms with E-state index < -0.39 is 11.7 Å². The number of carbonyl (C=O) groups is 2. The number of benzene rings is 2. The lowest BCUT2D eigenvalue weighted by Gasteiger charge is -2.31. The fourth-order valence-corrected chi connectivity index (χ4v) is 4.78. The summed E-state index contributed by atoms with van der Waals surface area (Å²) in [6.45, 7) is 6.09. The number of rotatable bonds is 4. The Hall–Kier alpha value is -4.40. The average Bonchev–Trinajstić information content (AvgIpc) is 3.31. The van der Waals surface area contributed by atoms with E-state index in [9.17, 15) is 14.4 Å². The van der Waals surface area contributed by atoms with Crippen molar-refractivity contribution in [2.45, 2.75) is 45.8 Å². The van der Waals surface area contributed by atoms with Crippen molar-refractivity contribution in [1.82, 2.24) is 24.4 Å². The molecule has 0 saturated carbocycles. The van der Waals surface area contributed by atoms with Gasteiger partial charge in [-0.1, -0.05) is 30.3 Å². The van der Waals surface area contributed by atoms with Crippen LogP contribution in [0.3, 0.4) is 0 Å². The van der Waals surface area contributed by atoms with Crippen LogP contribution in [0.2, 0.25) is 0 Å². The standard InChI is InChI=1S/C29H31N5O4/c1-29(2,3)38-28(37)32-15-14-23-24(18-32)34-26(21(17-31-34)16-19-8-6-5-7-9-19)33(27(23)36)22-12-10-20(11-13-22)25(35)30-4/h5-13,17H,14-16,18H2,1-4H3,(H,30,35). The van der Waals surface area contributed by atoms with Gasteiger partial charge in [-0.2, -0.15) is 5.10 Å². The zero-order valence-corrected chi connectivity index (χ0v) is 22.0. The minimum absolute atomic E-state index is 0.154. The van der Waals surface area contributed by atoms with E-state index in [-0.39, 0.29) is 18.0 Å². The highest BCUT2D eigenvalue weighted by Gasteiger charge is 2.31. The number of ether oxygens (including phenoxy) is 1. The van der Waals surface area contributed by atoms with Crippen LogP contribution < -0.4 is 10.9 Å². The molecule has 9 nitrogen and oxygen atoms in total. The molecule has 1 N–H and O–H groups in total. The molecule has 2 amide bonds. The molecule has 196 valence electrons. The third kappa shape index (κ3) is 4.79. The van der Waals surface area contributed by atoms with Crippen LogP contribution in [-0.2, 0) is 24.1 Å². The first kappa shape index (κ1) is 25.3. The number of nitrogens with one attached hydrogen (secondary N) is 1. The second-order valence-electron chi connectivity index (χ2n) is 10.4. The van der Waals surface area contributed by atoms with Crippen LogP contribution in [-0.4, -0.2) is 50.3 Å². The highest BCUT2D eigenvalue weighted by atomic mass is 16.6.